The number of anilines is 1. The second-order valence-corrected chi connectivity index (χ2v) is 3.86. The fourth-order valence-corrected chi connectivity index (χ4v) is 1.73. The number of nitrogens with one attached hydrogen (secondary N) is 2. The first-order valence-electron chi connectivity index (χ1n) is 5.62. The Bertz CT molecular complexity index is 535. The smallest absolute Gasteiger partial charge is 0.338 e. The second-order valence-electron chi connectivity index (χ2n) is 3.86. The summed E-state index contributed by atoms with van der Waals surface area (Å²) >= 11 is 0. The number of imidazole rings is 1. The number of hydrogen-bond acceptors (Lipinski definition) is 4. The molecule has 5 heteroatoms. The zero-order valence-electron chi connectivity index (χ0n) is 10.4. The van der Waals surface area contributed by atoms with E-state index in [0.29, 0.717) is 12.1 Å². The summed E-state index contributed by atoms with van der Waals surface area (Å²) in [7, 11) is 1.38. The van der Waals surface area contributed by atoms with Crippen molar-refractivity contribution in [2.24, 2.45) is 0 Å². The van der Waals surface area contributed by atoms with Crippen molar-refractivity contribution < 1.29 is 9.53 Å². The number of benzene rings is 1. The van der Waals surface area contributed by atoms with Gasteiger partial charge in [-0.3, -0.25) is 0 Å². The van der Waals surface area contributed by atoms with Crippen LogP contribution in [0.15, 0.2) is 30.6 Å². The van der Waals surface area contributed by atoms with E-state index < -0.39 is 0 Å². The summed E-state index contributed by atoms with van der Waals surface area (Å²) in [6.45, 7) is 2.47. The lowest BCUT2D eigenvalue weighted by molar-refractivity contribution is 0.0600. The third-order valence-electron chi connectivity index (χ3n) is 2.74. The number of rotatable bonds is 4. The Balaban J connectivity index is 2.16. The molecule has 0 radical (unpaired) electrons. The van der Waals surface area contributed by atoms with Gasteiger partial charge in [-0.2, -0.15) is 0 Å². The highest BCUT2D eigenvalue weighted by Gasteiger charge is 2.11. The fraction of sp³-hybridized carbons (Fsp3) is 0.231. The number of aromatic amines is 1. The van der Waals surface area contributed by atoms with Crippen LogP contribution in [0.1, 0.15) is 21.7 Å². The van der Waals surface area contributed by atoms with Gasteiger partial charge < -0.3 is 15.0 Å². The minimum atomic E-state index is -0.325. The summed E-state index contributed by atoms with van der Waals surface area (Å²) in [5.41, 5.74) is 2.34. The predicted molar refractivity (Wildman–Crippen MR) is 68.4 cm³/mol. The number of methoxy groups -OCH3 is 1. The fourth-order valence-electron chi connectivity index (χ4n) is 1.73. The summed E-state index contributed by atoms with van der Waals surface area (Å²) in [4.78, 5) is 18.7. The van der Waals surface area contributed by atoms with E-state index in [0.717, 1.165) is 17.1 Å². The number of H-pyrrole nitrogens is 1. The molecule has 0 aliphatic rings. The molecule has 1 aromatic carbocycles. The molecule has 5 nitrogen and oxygen atoms in total. The number of nitrogens with zero attached hydrogens (tertiary/aromatic N) is 1. The summed E-state index contributed by atoms with van der Waals surface area (Å²) in [6.07, 6.45) is 3.48. The standard InChI is InChI=1S/C13H15N3O2/c1-9-10(13(17)18-2)4-3-5-11(9)16-8-12-14-6-7-15-12/h3-7,16H,8H2,1-2H3,(H,14,15). The first-order valence-corrected chi connectivity index (χ1v) is 5.62. The largest absolute Gasteiger partial charge is 0.465 e. The van der Waals surface area contributed by atoms with E-state index in [2.05, 4.69) is 15.3 Å². The molecular formula is C13H15N3O2. The molecule has 0 atom stereocenters. The molecule has 1 aromatic heterocycles. The van der Waals surface area contributed by atoms with Crippen molar-refractivity contribution in [1.82, 2.24) is 9.97 Å². The summed E-state index contributed by atoms with van der Waals surface area (Å²) < 4.78 is 4.74. The van der Waals surface area contributed by atoms with Crippen molar-refractivity contribution in [1.29, 1.82) is 0 Å². The molecular weight excluding hydrogens is 230 g/mol. The van der Waals surface area contributed by atoms with Crippen LogP contribution in [0.4, 0.5) is 5.69 Å². The average Bonchev–Trinajstić information content (AvgIpc) is 2.90. The number of carbonyl (C=O) groups is 1. The lowest BCUT2D eigenvalue weighted by Gasteiger charge is -2.11. The first-order chi connectivity index (χ1) is 8.72. The van der Waals surface area contributed by atoms with Gasteiger partial charge in [0.25, 0.3) is 0 Å². The van der Waals surface area contributed by atoms with Crippen LogP contribution in [0, 0.1) is 6.92 Å². The Labute approximate surface area is 105 Å². The monoisotopic (exact) mass is 245 g/mol. The molecule has 0 aliphatic heterocycles. The maximum absolute atomic E-state index is 11.6. The van der Waals surface area contributed by atoms with Gasteiger partial charge in [0.05, 0.1) is 19.2 Å². The van der Waals surface area contributed by atoms with E-state index in [-0.39, 0.29) is 5.97 Å². The Kier molecular flexibility index (Phi) is 3.62. The SMILES string of the molecule is COC(=O)c1cccc(NCc2ncc[nH]2)c1C. The number of ether oxygens (including phenoxy) is 1. The molecule has 0 amide bonds. The number of hydrogen-bond donors (Lipinski definition) is 2. The quantitative estimate of drug-likeness (QED) is 0.810. The van der Waals surface area contributed by atoms with Crippen LogP contribution in [0.3, 0.4) is 0 Å². The minimum absolute atomic E-state index is 0.325. The number of aromatic nitrogens is 2. The van der Waals surface area contributed by atoms with Gasteiger partial charge in [-0.05, 0) is 24.6 Å². The van der Waals surface area contributed by atoms with Crippen LogP contribution in [0.25, 0.3) is 0 Å². The zero-order valence-corrected chi connectivity index (χ0v) is 10.4. The van der Waals surface area contributed by atoms with Crippen molar-refractivity contribution in [3.63, 3.8) is 0 Å². The van der Waals surface area contributed by atoms with Gasteiger partial charge >= 0.3 is 5.97 Å². The van der Waals surface area contributed by atoms with E-state index in [9.17, 15) is 4.79 Å². The van der Waals surface area contributed by atoms with Crippen LogP contribution < -0.4 is 5.32 Å². The van der Waals surface area contributed by atoms with Crippen molar-refractivity contribution in [3.05, 3.63) is 47.5 Å². The third kappa shape index (κ3) is 2.51. The molecule has 2 rings (SSSR count). The highest BCUT2D eigenvalue weighted by Crippen LogP contribution is 2.20. The molecule has 0 bridgehead atoms. The molecule has 0 fully saturated rings. The zero-order chi connectivity index (χ0) is 13.0. The van der Waals surface area contributed by atoms with E-state index >= 15 is 0 Å². The number of esters is 1. The molecule has 0 spiro atoms. The average molecular weight is 245 g/mol. The molecule has 2 aromatic rings. The van der Waals surface area contributed by atoms with Crippen LogP contribution in [0.5, 0.6) is 0 Å². The van der Waals surface area contributed by atoms with Crippen LogP contribution in [-0.2, 0) is 11.3 Å². The Morgan fingerprint density at radius 1 is 1.50 bits per heavy atom. The van der Waals surface area contributed by atoms with Gasteiger partial charge in [0.2, 0.25) is 0 Å². The Morgan fingerprint density at radius 3 is 3.00 bits per heavy atom. The van der Waals surface area contributed by atoms with Crippen LogP contribution in [-0.4, -0.2) is 23.0 Å². The topological polar surface area (TPSA) is 67.0 Å². The molecule has 94 valence electrons. The van der Waals surface area contributed by atoms with E-state index in [4.69, 9.17) is 4.74 Å². The highest BCUT2D eigenvalue weighted by atomic mass is 16.5. The van der Waals surface area contributed by atoms with Gasteiger partial charge in [-0.25, -0.2) is 9.78 Å². The van der Waals surface area contributed by atoms with Gasteiger partial charge in [-0.15, -0.1) is 0 Å². The van der Waals surface area contributed by atoms with Crippen LogP contribution >= 0.6 is 0 Å². The van der Waals surface area contributed by atoms with Crippen molar-refractivity contribution in [2.45, 2.75) is 13.5 Å². The summed E-state index contributed by atoms with van der Waals surface area (Å²) in [6, 6.07) is 5.49. The van der Waals surface area contributed by atoms with E-state index in [1.54, 1.807) is 18.5 Å². The highest BCUT2D eigenvalue weighted by molar-refractivity contribution is 5.92. The van der Waals surface area contributed by atoms with E-state index in [1.165, 1.54) is 7.11 Å². The predicted octanol–water partition coefficient (Wildman–Crippen LogP) is 2.12. The maximum atomic E-state index is 11.6. The van der Waals surface area contributed by atoms with Gasteiger partial charge in [0.1, 0.15) is 5.82 Å². The van der Waals surface area contributed by atoms with Crippen molar-refractivity contribution in [3.8, 4) is 0 Å². The minimum Gasteiger partial charge on any atom is -0.465 e. The molecule has 1 heterocycles. The Morgan fingerprint density at radius 2 is 2.33 bits per heavy atom. The van der Waals surface area contributed by atoms with Gasteiger partial charge in [0.15, 0.2) is 0 Å². The normalized spacial score (nSPS) is 10.1. The van der Waals surface area contributed by atoms with Crippen molar-refractivity contribution in [2.75, 3.05) is 12.4 Å². The third-order valence-corrected chi connectivity index (χ3v) is 2.74. The molecule has 0 saturated heterocycles. The second kappa shape index (κ2) is 5.35. The molecule has 0 saturated carbocycles. The van der Waals surface area contributed by atoms with Gasteiger partial charge in [-0.1, -0.05) is 6.07 Å². The molecule has 2 N–H and O–H groups in total. The molecule has 0 unspecified atom stereocenters. The lowest BCUT2D eigenvalue weighted by Crippen LogP contribution is -2.08. The molecule has 0 aliphatic carbocycles. The summed E-state index contributed by atoms with van der Waals surface area (Å²) in [5.74, 6) is 0.520. The van der Waals surface area contributed by atoms with Crippen LogP contribution in [0.2, 0.25) is 0 Å². The maximum Gasteiger partial charge on any atom is 0.338 e. The van der Waals surface area contributed by atoms with Gasteiger partial charge in [0, 0.05) is 18.1 Å². The molecule has 18 heavy (non-hydrogen) atoms. The Hall–Kier alpha value is -2.30. The van der Waals surface area contributed by atoms with E-state index in [1.807, 2.05) is 19.1 Å². The first kappa shape index (κ1) is 12.2. The lowest BCUT2D eigenvalue weighted by atomic mass is 10.1. The number of carbonyl (C=O) groups excluding carboxylic acids is 1. The van der Waals surface area contributed by atoms with Crippen molar-refractivity contribution >= 4 is 11.7 Å². The summed E-state index contributed by atoms with van der Waals surface area (Å²) in [5, 5.41) is 3.23.